The predicted octanol–water partition coefficient (Wildman–Crippen LogP) is 4.24. The highest BCUT2D eigenvalue weighted by Crippen LogP contribution is 2.31. The molecule has 1 aliphatic rings. The van der Waals surface area contributed by atoms with E-state index in [-0.39, 0.29) is 23.5 Å². The number of hydrogen-bond acceptors (Lipinski definition) is 3. The van der Waals surface area contributed by atoms with E-state index >= 15 is 0 Å². The molecule has 1 unspecified atom stereocenters. The molecule has 0 bridgehead atoms. The first-order chi connectivity index (χ1) is 12.1. The molecule has 4 nitrogen and oxygen atoms in total. The summed E-state index contributed by atoms with van der Waals surface area (Å²) in [4.78, 5) is 14.6. The quantitative estimate of drug-likeness (QED) is 0.703. The van der Waals surface area contributed by atoms with Gasteiger partial charge in [0.15, 0.2) is 11.5 Å². The van der Waals surface area contributed by atoms with Gasteiger partial charge < -0.3 is 9.42 Å². The number of halogens is 1. The minimum absolute atomic E-state index is 0.201. The third kappa shape index (κ3) is 2.82. The number of nitrogens with zero attached hydrogens (tertiary/aromatic N) is 2. The van der Waals surface area contributed by atoms with Gasteiger partial charge in [0.1, 0.15) is 5.82 Å². The summed E-state index contributed by atoms with van der Waals surface area (Å²) in [7, 11) is 0. The SMILES string of the molecule is CC1c2cc(F)ccc2CCN1C(=O)c1cc(-c2ccccc2)on1. The van der Waals surface area contributed by atoms with Crippen LogP contribution in [0.3, 0.4) is 0 Å². The molecule has 1 atom stereocenters. The second-order valence-electron chi connectivity index (χ2n) is 6.21. The molecule has 0 saturated heterocycles. The van der Waals surface area contributed by atoms with Crippen molar-refractivity contribution in [1.82, 2.24) is 10.1 Å². The molecule has 0 N–H and O–H groups in total. The van der Waals surface area contributed by atoms with Gasteiger partial charge in [-0.3, -0.25) is 4.79 Å². The zero-order valence-corrected chi connectivity index (χ0v) is 13.8. The molecule has 0 aliphatic carbocycles. The van der Waals surface area contributed by atoms with Crippen molar-refractivity contribution in [3.63, 3.8) is 0 Å². The summed E-state index contributed by atoms with van der Waals surface area (Å²) in [6.07, 6.45) is 0.703. The molecule has 1 aromatic heterocycles. The van der Waals surface area contributed by atoms with E-state index in [0.29, 0.717) is 18.7 Å². The van der Waals surface area contributed by atoms with Crippen molar-refractivity contribution in [3.05, 3.63) is 77.2 Å². The molecule has 3 aromatic rings. The molecule has 1 amide bonds. The number of rotatable bonds is 2. The van der Waals surface area contributed by atoms with Crippen molar-refractivity contribution in [2.45, 2.75) is 19.4 Å². The fraction of sp³-hybridized carbons (Fsp3) is 0.200. The predicted molar refractivity (Wildman–Crippen MR) is 91.5 cm³/mol. The van der Waals surface area contributed by atoms with Crippen molar-refractivity contribution in [2.24, 2.45) is 0 Å². The maximum Gasteiger partial charge on any atom is 0.276 e. The van der Waals surface area contributed by atoms with E-state index in [4.69, 9.17) is 4.52 Å². The average Bonchev–Trinajstić information content (AvgIpc) is 3.13. The van der Waals surface area contributed by atoms with Gasteiger partial charge in [0, 0.05) is 18.2 Å². The summed E-state index contributed by atoms with van der Waals surface area (Å²) in [6.45, 7) is 2.49. The molecule has 5 heteroatoms. The molecule has 25 heavy (non-hydrogen) atoms. The summed E-state index contributed by atoms with van der Waals surface area (Å²) >= 11 is 0. The van der Waals surface area contributed by atoms with Gasteiger partial charge in [0.2, 0.25) is 0 Å². The van der Waals surface area contributed by atoms with E-state index in [1.807, 2.05) is 37.3 Å². The van der Waals surface area contributed by atoms with E-state index in [2.05, 4.69) is 5.16 Å². The van der Waals surface area contributed by atoms with Gasteiger partial charge in [0.25, 0.3) is 5.91 Å². The lowest BCUT2D eigenvalue weighted by Crippen LogP contribution is -2.39. The topological polar surface area (TPSA) is 46.3 Å². The van der Waals surface area contributed by atoms with Crippen LogP contribution in [0, 0.1) is 5.82 Å². The van der Waals surface area contributed by atoms with Gasteiger partial charge in [-0.05, 0) is 36.6 Å². The minimum atomic E-state index is -0.285. The molecular formula is C20H17FN2O2. The summed E-state index contributed by atoms with van der Waals surface area (Å²) < 4.78 is 18.9. The van der Waals surface area contributed by atoms with Crippen molar-refractivity contribution in [2.75, 3.05) is 6.54 Å². The van der Waals surface area contributed by atoms with Crippen LogP contribution >= 0.6 is 0 Å². The van der Waals surface area contributed by atoms with Crippen LogP contribution in [-0.2, 0) is 6.42 Å². The van der Waals surface area contributed by atoms with Crippen LogP contribution in [0.4, 0.5) is 4.39 Å². The maximum absolute atomic E-state index is 13.6. The Hall–Kier alpha value is -2.95. The molecular weight excluding hydrogens is 319 g/mol. The van der Waals surface area contributed by atoms with Gasteiger partial charge in [-0.1, -0.05) is 41.6 Å². The maximum atomic E-state index is 13.6. The molecule has 1 aliphatic heterocycles. The summed E-state index contributed by atoms with van der Waals surface area (Å²) in [6, 6.07) is 15.7. The first-order valence-electron chi connectivity index (χ1n) is 8.25. The normalized spacial score (nSPS) is 16.6. The van der Waals surface area contributed by atoms with Crippen LogP contribution in [0.2, 0.25) is 0 Å². The first-order valence-corrected chi connectivity index (χ1v) is 8.25. The molecule has 126 valence electrons. The second kappa shape index (κ2) is 6.16. The smallest absolute Gasteiger partial charge is 0.276 e. The number of fused-ring (bicyclic) bond motifs is 1. The lowest BCUT2D eigenvalue weighted by atomic mass is 9.93. The van der Waals surface area contributed by atoms with Gasteiger partial charge >= 0.3 is 0 Å². The van der Waals surface area contributed by atoms with Crippen molar-refractivity contribution >= 4 is 5.91 Å². The zero-order chi connectivity index (χ0) is 17.4. The molecule has 0 spiro atoms. The van der Waals surface area contributed by atoms with Crippen LogP contribution in [0.25, 0.3) is 11.3 Å². The third-order valence-electron chi connectivity index (χ3n) is 4.70. The highest BCUT2D eigenvalue weighted by molar-refractivity contribution is 5.93. The molecule has 2 aromatic carbocycles. The third-order valence-corrected chi connectivity index (χ3v) is 4.70. The Morgan fingerprint density at radius 2 is 2.00 bits per heavy atom. The van der Waals surface area contributed by atoms with Gasteiger partial charge in [-0.15, -0.1) is 0 Å². The van der Waals surface area contributed by atoms with Crippen LogP contribution in [0.5, 0.6) is 0 Å². The van der Waals surface area contributed by atoms with Crippen LogP contribution < -0.4 is 0 Å². The first kappa shape index (κ1) is 15.6. The Morgan fingerprint density at radius 1 is 1.20 bits per heavy atom. The Bertz CT molecular complexity index is 920. The average molecular weight is 336 g/mol. The zero-order valence-electron chi connectivity index (χ0n) is 13.8. The van der Waals surface area contributed by atoms with Crippen LogP contribution in [0.15, 0.2) is 59.1 Å². The Morgan fingerprint density at radius 3 is 2.80 bits per heavy atom. The molecule has 0 fully saturated rings. The largest absolute Gasteiger partial charge is 0.355 e. The van der Waals surface area contributed by atoms with Crippen molar-refractivity contribution in [1.29, 1.82) is 0 Å². The Labute approximate surface area is 144 Å². The highest BCUT2D eigenvalue weighted by Gasteiger charge is 2.30. The standard InChI is InChI=1S/C20H17FN2O2/c1-13-17-11-16(21)8-7-14(17)9-10-23(13)20(24)18-12-19(25-22-18)15-5-3-2-4-6-15/h2-8,11-13H,9-10H2,1H3. The van der Waals surface area contributed by atoms with Crippen molar-refractivity contribution in [3.8, 4) is 11.3 Å². The number of carbonyl (C=O) groups excluding carboxylic acids is 1. The Balaban J connectivity index is 1.61. The molecule has 2 heterocycles. The minimum Gasteiger partial charge on any atom is -0.355 e. The lowest BCUT2D eigenvalue weighted by Gasteiger charge is -2.34. The van der Waals surface area contributed by atoms with E-state index < -0.39 is 0 Å². The lowest BCUT2D eigenvalue weighted by molar-refractivity contribution is 0.0666. The number of benzene rings is 2. The number of hydrogen-bond donors (Lipinski definition) is 0. The molecule has 4 rings (SSSR count). The summed E-state index contributed by atoms with van der Waals surface area (Å²) in [5.41, 5.74) is 3.08. The van der Waals surface area contributed by atoms with E-state index in [0.717, 1.165) is 16.7 Å². The van der Waals surface area contributed by atoms with E-state index in [9.17, 15) is 9.18 Å². The van der Waals surface area contributed by atoms with Gasteiger partial charge in [-0.25, -0.2) is 4.39 Å². The highest BCUT2D eigenvalue weighted by atomic mass is 19.1. The second-order valence-corrected chi connectivity index (χ2v) is 6.21. The monoisotopic (exact) mass is 336 g/mol. The molecule has 0 radical (unpaired) electrons. The van der Waals surface area contributed by atoms with Crippen molar-refractivity contribution < 1.29 is 13.7 Å². The number of carbonyl (C=O) groups is 1. The van der Waals surface area contributed by atoms with Gasteiger partial charge in [-0.2, -0.15) is 0 Å². The van der Waals surface area contributed by atoms with E-state index in [1.54, 1.807) is 17.0 Å². The van der Waals surface area contributed by atoms with E-state index in [1.165, 1.54) is 12.1 Å². The fourth-order valence-electron chi connectivity index (χ4n) is 3.32. The van der Waals surface area contributed by atoms with Crippen LogP contribution in [-0.4, -0.2) is 22.5 Å². The summed E-state index contributed by atoms with van der Waals surface area (Å²) in [5.74, 6) is 0.0705. The summed E-state index contributed by atoms with van der Waals surface area (Å²) in [5, 5.41) is 3.94. The van der Waals surface area contributed by atoms with Crippen LogP contribution in [0.1, 0.15) is 34.6 Å². The Kier molecular flexibility index (Phi) is 3.84. The number of amides is 1. The van der Waals surface area contributed by atoms with Gasteiger partial charge in [0.05, 0.1) is 6.04 Å². The molecule has 0 saturated carbocycles. The fourth-order valence-corrected chi connectivity index (χ4v) is 3.32. The number of aromatic nitrogens is 1.